The molecule has 0 radical (unpaired) electrons. The number of allylic oxidation sites excluding steroid dienone is 1. The number of carbonyl (C=O) groups excluding carboxylic acids is 1. The largest absolute Gasteiger partial charge is 0.487 e. The number of nitrogens with one attached hydrogen (secondary N) is 1. The van der Waals surface area contributed by atoms with Crippen molar-refractivity contribution in [3.05, 3.63) is 70.3 Å². The van der Waals surface area contributed by atoms with Crippen LogP contribution in [0.3, 0.4) is 0 Å². The second-order valence-electron chi connectivity index (χ2n) is 12.6. The number of hydrogen-bond acceptors (Lipinski definition) is 7. The fourth-order valence-electron chi connectivity index (χ4n) is 6.42. The normalized spacial score (nSPS) is 28.2. The van der Waals surface area contributed by atoms with E-state index < -0.39 is 15.9 Å². The van der Waals surface area contributed by atoms with Crippen molar-refractivity contribution in [3.8, 4) is 5.75 Å². The van der Waals surface area contributed by atoms with E-state index in [-0.39, 0.29) is 23.7 Å². The smallest absolute Gasteiger partial charge is 0.264 e. The molecule has 0 aromatic heterocycles. The number of fused-ring (bicyclic) bond motifs is 3. The maximum atomic E-state index is 13.3. The zero-order chi connectivity index (χ0) is 31.3. The third-order valence-corrected chi connectivity index (χ3v) is 11.1. The molecule has 5 rings (SSSR count). The van der Waals surface area contributed by atoms with Crippen LogP contribution in [0.25, 0.3) is 0 Å². The molecule has 0 spiro atoms. The fraction of sp³-hybridized carbons (Fsp3) is 0.559. The van der Waals surface area contributed by atoms with Gasteiger partial charge in [0.15, 0.2) is 0 Å². The number of rotatable bonds is 4. The number of benzene rings is 2. The average Bonchev–Trinajstić information content (AvgIpc) is 3.00. The number of aryl methyl sites for hydroxylation is 1. The summed E-state index contributed by atoms with van der Waals surface area (Å²) in [5, 5.41) is 0.714. The molecule has 44 heavy (non-hydrogen) atoms. The van der Waals surface area contributed by atoms with E-state index in [1.54, 1.807) is 25.3 Å². The van der Waals surface area contributed by atoms with Crippen LogP contribution in [0.2, 0.25) is 5.02 Å². The zero-order valence-corrected chi connectivity index (χ0v) is 27.5. The van der Waals surface area contributed by atoms with Gasteiger partial charge in [-0.05, 0) is 97.2 Å². The van der Waals surface area contributed by atoms with Crippen molar-refractivity contribution in [2.45, 2.75) is 58.7 Å². The molecule has 5 atom stereocenters. The predicted octanol–water partition coefficient (Wildman–Crippen LogP) is 6.02. The Bertz CT molecular complexity index is 1450. The van der Waals surface area contributed by atoms with Crippen molar-refractivity contribution >= 4 is 33.2 Å². The Kier molecular flexibility index (Phi) is 10.9. The van der Waals surface area contributed by atoms with Crippen LogP contribution in [0, 0.1) is 23.7 Å². The van der Waals surface area contributed by atoms with E-state index in [2.05, 4.69) is 21.8 Å². The highest BCUT2D eigenvalue weighted by atomic mass is 35.5. The Balaban J connectivity index is 1.52. The molecule has 1 aliphatic carbocycles. The molecule has 1 fully saturated rings. The van der Waals surface area contributed by atoms with Crippen molar-refractivity contribution < 1.29 is 27.4 Å². The molecule has 1 saturated carbocycles. The van der Waals surface area contributed by atoms with Gasteiger partial charge >= 0.3 is 0 Å². The lowest BCUT2D eigenvalue weighted by molar-refractivity contribution is -0.0309. The van der Waals surface area contributed by atoms with Crippen molar-refractivity contribution in [3.63, 3.8) is 0 Å². The minimum absolute atomic E-state index is 0.0188. The third kappa shape index (κ3) is 8.16. The van der Waals surface area contributed by atoms with Gasteiger partial charge in [0.25, 0.3) is 5.91 Å². The maximum Gasteiger partial charge on any atom is 0.264 e. The number of carbonyl (C=O) groups is 1. The van der Waals surface area contributed by atoms with Crippen LogP contribution >= 0.6 is 11.6 Å². The molecule has 2 bridgehead atoms. The van der Waals surface area contributed by atoms with Crippen LogP contribution in [0.15, 0.2) is 48.6 Å². The van der Waals surface area contributed by atoms with Gasteiger partial charge in [-0.3, -0.25) is 4.79 Å². The summed E-state index contributed by atoms with van der Waals surface area (Å²) in [4.78, 5) is 15.6. The fourth-order valence-corrected chi connectivity index (χ4v) is 8.09. The van der Waals surface area contributed by atoms with Gasteiger partial charge in [0.1, 0.15) is 12.4 Å². The Morgan fingerprint density at radius 2 is 1.89 bits per heavy atom. The molecule has 5 unspecified atom stereocenters. The van der Waals surface area contributed by atoms with Gasteiger partial charge < -0.3 is 19.1 Å². The standard InChI is InChI=1S/C34H45ClN2O6S/c1-23-7-13-32(42-17-16-41-3)30-12-9-27(30)20-37-15-5-4-6-25-18-29(35)11-8-28(25)21-43-33-14-10-26(19-31(33)37)34(38)36-44(39,40)22-24(23)2/h7-8,10-11,13-14,18-19,23-24,27,30,32H,4-6,9,12,15-17,20-22H2,1-3H3,(H,36,38)/b13-7+. The van der Waals surface area contributed by atoms with Gasteiger partial charge in [0.2, 0.25) is 10.0 Å². The molecule has 10 heteroatoms. The molecule has 3 aliphatic rings. The molecular formula is C34H45ClN2O6S. The summed E-state index contributed by atoms with van der Waals surface area (Å²) in [6, 6.07) is 11.2. The molecule has 8 nitrogen and oxygen atoms in total. The Morgan fingerprint density at radius 3 is 2.66 bits per heavy atom. The average molecular weight is 645 g/mol. The summed E-state index contributed by atoms with van der Waals surface area (Å²) in [7, 11) is -2.20. The Hall–Kier alpha value is -2.59. The summed E-state index contributed by atoms with van der Waals surface area (Å²) < 4.78 is 46.5. The lowest BCUT2D eigenvalue weighted by Gasteiger charge is -2.44. The molecule has 0 saturated heterocycles. The highest BCUT2D eigenvalue weighted by Gasteiger charge is 2.38. The van der Waals surface area contributed by atoms with E-state index in [1.807, 2.05) is 32.0 Å². The van der Waals surface area contributed by atoms with Gasteiger partial charge in [-0.25, -0.2) is 13.1 Å². The van der Waals surface area contributed by atoms with Crippen molar-refractivity contribution in [2.75, 3.05) is 44.1 Å². The Morgan fingerprint density at radius 1 is 1.05 bits per heavy atom. The molecule has 240 valence electrons. The molecular weight excluding hydrogens is 600 g/mol. The molecule has 1 amide bonds. The maximum absolute atomic E-state index is 13.3. The molecule has 2 aromatic rings. The second-order valence-corrected chi connectivity index (χ2v) is 14.8. The molecule has 2 aliphatic heterocycles. The van der Waals surface area contributed by atoms with E-state index in [0.717, 1.165) is 56.4 Å². The van der Waals surface area contributed by atoms with Crippen LogP contribution in [0.4, 0.5) is 5.69 Å². The van der Waals surface area contributed by atoms with E-state index in [4.69, 9.17) is 25.8 Å². The minimum Gasteiger partial charge on any atom is -0.487 e. The second kappa shape index (κ2) is 14.7. The number of hydrogen-bond donors (Lipinski definition) is 1. The lowest BCUT2D eigenvalue weighted by atomic mass is 9.70. The highest BCUT2D eigenvalue weighted by Crippen LogP contribution is 2.42. The summed E-state index contributed by atoms with van der Waals surface area (Å²) in [5.41, 5.74) is 3.37. The van der Waals surface area contributed by atoms with Gasteiger partial charge in [0.05, 0.1) is 30.8 Å². The Labute approximate surface area is 267 Å². The van der Waals surface area contributed by atoms with Crippen LogP contribution in [-0.2, 0) is 32.5 Å². The predicted molar refractivity (Wildman–Crippen MR) is 174 cm³/mol. The summed E-state index contributed by atoms with van der Waals surface area (Å²) in [6.45, 7) is 6.85. The van der Waals surface area contributed by atoms with E-state index >= 15 is 0 Å². The van der Waals surface area contributed by atoms with Crippen LogP contribution < -0.4 is 14.4 Å². The SMILES string of the molecule is COCCOC1/C=C/C(C)C(C)CS(=O)(=O)NC(=O)c2ccc3c(c2)N(CCCCc2cc(Cl)ccc2CO3)CC2CCC21. The monoisotopic (exact) mass is 644 g/mol. The first-order valence-corrected chi connectivity index (χ1v) is 17.8. The van der Waals surface area contributed by atoms with Crippen molar-refractivity contribution in [2.24, 2.45) is 23.7 Å². The quantitative estimate of drug-likeness (QED) is 0.321. The number of ether oxygens (including phenoxy) is 3. The van der Waals surface area contributed by atoms with E-state index in [0.29, 0.717) is 48.0 Å². The first-order valence-electron chi connectivity index (χ1n) is 15.8. The number of nitrogens with zero attached hydrogens (tertiary/aromatic N) is 1. The number of amides is 1. The summed E-state index contributed by atoms with van der Waals surface area (Å²) in [6.07, 6.45) is 9.07. The number of sulfonamides is 1. The molecule has 2 heterocycles. The van der Waals surface area contributed by atoms with Gasteiger partial charge in [-0.2, -0.15) is 0 Å². The van der Waals surface area contributed by atoms with Gasteiger partial charge in [-0.15, -0.1) is 0 Å². The van der Waals surface area contributed by atoms with Crippen LogP contribution in [0.5, 0.6) is 5.75 Å². The number of methoxy groups -OCH3 is 1. The summed E-state index contributed by atoms with van der Waals surface area (Å²) in [5.74, 6) is 0.374. The molecule has 2 aromatic carbocycles. The topological polar surface area (TPSA) is 94.2 Å². The van der Waals surface area contributed by atoms with E-state index in [1.165, 1.54) is 5.56 Å². The van der Waals surface area contributed by atoms with Crippen LogP contribution in [0.1, 0.15) is 61.0 Å². The molecule has 1 N–H and O–H groups in total. The minimum atomic E-state index is -3.87. The number of anilines is 1. The zero-order valence-electron chi connectivity index (χ0n) is 26.0. The van der Waals surface area contributed by atoms with Gasteiger partial charge in [0, 0.05) is 30.8 Å². The van der Waals surface area contributed by atoms with Crippen molar-refractivity contribution in [1.29, 1.82) is 0 Å². The summed E-state index contributed by atoms with van der Waals surface area (Å²) >= 11 is 6.33. The third-order valence-electron chi connectivity index (χ3n) is 9.42. The first kappa shape index (κ1) is 32.8. The highest BCUT2D eigenvalue weighted by molar-refractivity contribution is 7.90. The van der Waals surface area contributed by atoms with E-state index in [9.17, 15) is 13.2 Å². The van der Waals surface area contributed by atoms with Crippen LogP contribution in [-0.4, -0.2) is 59.6 Å². The van der Waals surface area contributed by atoms with Gasteiger partial charge in [-0.1, -0.05) is 43.7 Å². The number of halogens is 1. The lowest BCUT2D eigenvalue weighted by Crippen LogP contribution is -2.44. The van der Waals surface area contributed by atoms with Crippen molar-refractivity contribution in [1.82, 2.24) is 4.72 Å². The first-order chi connectivity index (χ1) is 21.1.